The molecule has 0 aliphatic carbocycles. The van der Waals surface area contributed by atoms with Crippen LogP contribution in [0, 0.1) is 16.0 Å². The highest BCUT2D eigenvalue weighted by molar-refractivity contribution is 5.66. The molecular weight excluding hydrogens is 260 g/mol. The van der Waals surface area contributed by atoms with E-state index in [-0.39, 0.29) is 12.1 Å². The third-order valence-corrected chi connectivity index (χ3v) is 3.69. The van der Waals surface area contributed by atoms with Crippen molar-refractivity contribution in [2.45, 2.75) is 25.7 Å². The molecule has 1 unspecified atom stereocenters. The summed E-state index contributed by atoms with van der Waals surface area (Å²) in [5, 5.41) is 19.5. The lowest BCUT2D eigenvalue weighted by atomic mass is 9.93. The number of piperidine rings is 1. The van der Waals surface area contributed by atoms with Gasteiger partial charge in [-0.1, -0.05) is 6.07 Å². The Hall–Kier alpha value is -2.11. The number of nitro groups is 1. The molecule has 1 aromatic carbocycles. The molecule has 20 heavy (non-hydrogen) atoms. The first-order chi connectivity index (χ1) is 9.56. The van der Waals surface area contributed by atoms with Crippen molar-refractivity contribution in [1.29, 1.82) is 0 Å². The molecule has 6 heteroatoms. The highest BCUT2D eigenvalue weighted by atomic mass is 16.6. The predicted octanol–water partition coefficient (Wildman–Crippen LogP) is 2.68. The lowest BCUT2D eigenvalue weighted by Gasteiger charge is -2.34. The predicted molar refractivity (Wildman–Crippen MR) is 74.9 cm³/mol. The summed E-state index contributed by atoms with van der Waals surface area (Å²) in [5.41, 5.74) is 0.939. The number of rotatable bonds is 5. The van der Waals surface area contributed by atoms with Crippen LogP contribution in [0.2, 0.25) is 0 Å². The molecule has 0 amide bonds. The Morgan fingerprint density at radius 1 is 1.50 bits per heavy atom. The first kappa shape index (κ1) is 14.3. The van der Waals surface area contributed by atoms with E-state index in [1.54, 1.807) is 12.1 Å². The number of hydrogen-bond donors (Lipinski definition) is 1. The Morgan fingerprint density at radius 3 is 3.00 bits per heavy atom. The van der Waals surface area contributed by atoms with Crippen molar-refractivity contribution in [3.8, 4) is 0 Å². The maximum absolute atomic E-state index is 10.8. The van der Waals surface area contributed by atoms with Crippen molar-refractivity contribution < 1.29 is 14.8 Å². The molecule has 2 rings (SSSR count). The molecule has 0 aromatic heterocycles. The minimum Gasteiger partial charge on any atom is -0.481 e. The van der Waals surface area contributed by atoms with Gasteiger partial charge in [-0.3, -0.25) is 14.9 Å². The number of non-ortho nitro benzene ring substituents is 1. The number of carboxylic acid groups (broad SMARTS) is 1. The third-order valence-electron chi connectivity index (χ3n) is 3.69. The van der Waals surface area contributed by atoms with Crippen LogP contribution in [0.5, 0.6) is 0 Å². The van der Waals surface area contributed by atoms with Crippen molar-refractivity contribution in [3.63, 3.8) is 0 Å². The van der Waals surface area contributed by atoms with E-state index in [4.69, 9.17) is 5.11 Å². The SMILES string of the molecule is O=C(O)CCC1CCCN(c2cccc([N+](=O)[O-])c2)C1. The molecule has 1 aliphatic heterocycles. The van der Waals surface area contributed by atoms with Gasteiger partial charge in [0.25, 0.3) is 5.69 Å². The summed E-state index contributed by atoms with van der Waals surface area (Å²) in [6, 6.07) is 6.62. The van der Waals surface area contributed by atoms with Gasteiger partial charge >= 0.3 is 5.97 Å². The summed E-state index contributed by atoms with van der Waals surface area (Å²) in [5.74, 6) is -0.420. The molecule has 1 fully saturated rings. The molecule has 1 N–H and O–H groups in total. The zero-order valence-electron chi connectivity index (χ0n) is 11.2. The second kappa shape index (κ2) is 6.36. The fourth-order valence-corrected chi connectivity index (χ4v) is 2.67. The van der Waals surface area contributed by atoms with Gasteiger partial charge in [-0.2, -0.15) is 0 Å². The molecule has 6 nitrogen and oxygen atoms in total. The Bertz CT molecular complexity index is 504. The Labute approximate surface area is 117 Å². The fraction of sp³-hybridized carbons (Fsp3) is 0.500. The molecule has 1 aliphatic rings. The third kappa shape index (κ3) is 3.69. The van der Waals surface area contributed by atoms with Crippen LogP contribution in [0.15, 0.2) is 24.3 Å². The van der Waals surface area contributed by atoms with Crippen LogP contribution in [-0.4, -0.2) is 29.1 Å². The van der Waals surface area contributed by atoms with Crippen LogP contribution < -0.4 is 4.90 Å². The van der Waals surface area contributed by atoms with Crippen LogP contribution in [0.1, 0.15) is 25.7 Å². The van der Waals surface area contributed by atoms with Crippen LogP contribution in [-0.2, 0) is 4.79 Å². The van der Waals surface area contributed by atoms with E-state index in [9.17, 15) is 14.9 Å². The van der Waals surface area contributed by atoms with E-state index in [0.717, 1.165) is 31.6 Å². The molecular formula is C14H18N2O4. The van der Waals surface area contributed by atoms with Crippen molar-refractivity contribution in [3.05, 3.63) is 34.4 Å². The number of carboxylic acids is 1. The molecule has 1 saturated heterocycles. The van der Waals surface area contributed by atoms with Crippen LogP contribution in [0.25, 0.3) is 0 Å². The smallest absolute Gasteiger partial charge is 0.303 e. The largest absolute Gasteiger partial charge is 0.481 e. The highest BCUT2D eigenvalue weighted by Gasteiger charge is 2.21. The summed E-state index contributed by atoms with van der Waals surface area (Å²) >= 11 is 0. The lowest BCUT2D eigenvalue weighted by Crippen LogP contribution is -2.35. The summed E-state index contributed by atoms with van der Waals surface area (Å²) < 4.78 is 0. The van der Waals surface area contributed by atoms with E-state index in [0.29, 0.717) is 12.3 Å². The second-order valence-corrected chi connectivity index (χ2v) is 5.16. The second-order valence-electron chi connectivity index (χ2n) is 5.16. The van der Waals surface area contributed by atoms with Gasteiger partial charge in [-0.25, -0.2) is 0 Å². The van der Waals surface area contributed by atoms with E-state index in [1.165, 1.54) is 6.07 Å². The zero-order valence-corrected chi connectivity index (χ0v) is 11.2. The van der Waals surface area contributed by atoms with Gasteiger partial charge in [0, 0.05) is 37.3 Å². The number of nitro benzene ring substituents is 1. The summed E-state index contributed by atoms with van der Waals surface area (Å²) in [6.07, 6.45) is 2.87. The van der Waals surface area contributed by atoms with Crippen LogP contribution in [0.3, 0.4) is 0 Å². The number of aliphatic carboxylic acids is 1. The number of nitrogens with zero attached hydrogens (tertiary/aromatic N) is 2. The summed E-state index contributed by atoms with van der Waals surface area (Å²) in [4.78, 5) is 23.1. The van der Waals surface area contributed by atoms with Gasteiger partial charge < -0.3 is 10.0 Å². The Kier molecular flexibility index (Phi) is 4.55. The number of carbonyl (C=O) groups is 1. The van der Waals surface area contributed by atoms with Gasteiger partial charge in [0.2, 0.25) is 0 Å². The molecule has 1 aromatic rings. The molecule has 108 valence electrons. The molecule has 1 heterocycles. The lowest BCUT2D eigenvalue weighted by molar-refractivity contribution is -0.384. The van der Waals surface area contributed by atoms with Crippen molar-refractivity contribution in [2.75, 3.05) is 18.0 Å². The van der Waals surface area contributed by atoms with Gasteiger partial charge in [0.05, 0.1) is 4.92 Å². The fourth-order valence-electron chi connectivity index (χ4n) is 2.67. The van der Waals surface area contributed by atoms with Crippen molar-refractivity contribution >= 4 is 17.3 Å². The first-order valence-electron chi connectivity index (χ1n) is 6.77. The van der Waals surface area contributed by atoms with Gasteiger partial charge in [-0.05, 0) is 31.2 Å². The molecule has 0 radical (unpaired) electrons. The molecule has 0 saturated carbocycles. The van der Waals surface area contributed by atoms with E-state index >= 15 is 0 Å². The van der Waals surface area contributed by atoms with Gasteiger partial charge in [0.1, 0.15) is 0 Å². The standard InChI is InChI=1S/C14H18N2O4/c17-14(18)7-6-11-3-2-8-15(10-11)12-4-1-5-13(9-12)16(19)20/h1,4-5,9,11H,2-3,6-8,10H2,(H,17,18). The first-order valence-corrected chi connectivity index (χ1v) is 6.77. The normalized spacial score (nSPS) is 18.8. The number of anilines is 1. The van der Waals surface area contributed by atoms with E-state index in [1.807, 2.05) is 6.07 Å². The number of hydrogen-bond acceptors (Lipinski definition) is 4. The minimum absolute atomic E-state index is 0.0927. The van der Waals surface area contributed by atoms with Crippen LogP contribution >= 0.6 is 0 Å². The van der Waals surface area contributed by atoms with E-state index in [2.05, 4.69) is 4.90 Å². The Morgan fingerprint density at radius 2 is 2.30 bits per heavy atom. The highest BCUT2D eigenvalue weighted by Crippen LogP contribution is 2.28. The molecule has 0 bridgehead atoms. The molecule has 0 spiro atoms. The quantitative estimate of drug-likeness (QED) is 0.661. The average molecular weight is 278 g/mol. The summed E-state index contributed by atoms with van der Waals surface area (Å²) in [7, 11) is 0. The summed E-state index contributed by atoms with van der Waals surface area (Å²) in [6.45, 7) is 1.64. The van der Waals surface area contributed by atoms with Gasteiger partial charge in [-0.15, -0.1) is 0 Å². The maximum atomic E-state index is 10.8. The van der Waals surface area contributed by atoms with Crippen molar-refractivity contribution in [1.82, 2.24) is 0 Å². The zero-order chi connectivity index (χ0) is 14.5. The number of benzene rings is 1. The topological polar surface area (TPSA) is 83.7 Å². The maximum Gasteiger partial charge on any atom is 0.303 e. The Balaban J connectivity index is 2.03. The van der Waals surface area contributed by atoms with Crippen LogP contribution in [0.4, 0.5) is 11.4 Å². The molecule has 1 atom stereocenters. The monoisotopic (exact) mass is 278 g/mol. The van der Waals surface area contributed by atoms with E-state index < -0.39 is 10.9 Å². The minimum atomic E-state index is -0.766. The van der Waals surface area contributed by atoms with Crippen molar-refractivity contribution in [2.24, 2.45) is 5.92 Å². The van der Waals surface area contributed by atoms with Gasteiger partial charge in [0.15, 0.2) is 0 Å². The average Bonchev–Trinajstić information content (AvgIpc) is 2.45.